The van der Waals surface area contributed by atoms with Crippen molar-refractivity contribution in [3.63, 3.8) is 0 Å². The van der Waals surface area contributed by atoms with Crippen LogP contribution in [0.3, 0.4) is 0 Å². The van der Waals surface area contributed by atoms with Gasteiger partial charge in [0.15, 0.2) is 6.61 Å². The lowest BCUT2D eigenvalue weighted by molar-refractivity contribution is -0.144. The van der Waals surface area contributed by atoms with Gasteiger partial charge < -0.3 is 10.0 Å². The molecule has 0 atom stereocenters. The molecule has 1 aliphatic rings. The predicted molar refractivity (Wildman–Crippen MR) is 56.7 cm³/mol. The lowest BCUT2D eigenvalue weighted by Crippen LogP contribution is -2.42. The molecule has 6 nitrogen and oxygen atoms in total. The highest BCUT2D eigenvalue weighted by Gasteiger charge is 2.26. The topological polar surface area (TPSA) is 78.9 Å². The highest BCUT2D eigenvalue weighted by atomic mass is 16.7. The van der Waals surface area contributed by atoms with Crippen molar-refractivity contribution >= 4 is 12.0 Å². The molecule has 92 valence electrons. The van der Waals surface area contributed by atoms with Crippen molar-refractivity contribution in [2.24, 2.45) is 5.92 Å². The molecular weight excluding hydrogens is 212 g/mol. The van der Waals surface area contributed by atoms with Gasteiger partial charge in [-0.3, -0.25) is 4.84 Å². The maximum Gasteiger partial charge on any atom is 0.341 e. The summed E-state index contributed by atoms with van der Waals surface area (Å²) in [5, 5.41) is 8.33. The fraction of sp³-hybridized carbons (Fsp3) is 0.800. The largest absolute Gasteiger partial charge is 0.479 e. The van der Waals surface area contributed by atoms with Crippen molar-refractivity contribution in [1.82, 2.24) is 10.4 Å². The zero-order chi connectivity index (χ0) is 12.0. The van der Waals surface area contributed by atoms with Crippen LogP contribution in [0.15, 0.2) is 0 Å². The van der Waals surface area contributed by atoms with Gasteiger partial charge in [-0.2, -0.15) is 0 Å². The third-order valence-electron chi connectivity index (χ3n) is 2.31. The molecule has 2 amide bonds. The number of hydrogen-bond acceptors (Lipinski definition) is 3. The Labute approximate surface area is 94.5 Å². The molecule has 6 heteroatoms. The Morgan fingerprint density at radius 1 is 1.50 bits per heavy atom. The molecular formula is C10H18N2O4. The Balaban J connectivity index is 2.25. The summed E-state index contributed by atoms with van der Waals surface area (Å²) in [6.07, 6.45) is 3.21. The van der Waals surface area contributed by atoms with Crippen LogP contribution in [-0.2, 0) is 9.63 Å². The van der Waals surface area contributed by atoms with Crippen molar-refractivity contribution in [1.29, 1.82) is 0 Å². The van der Waals surface area contributed by atoms with Gasteiger partial charge in [0.1, 0.15) is 0 Å². The minimum atomic E-state index is -1.11. The lowest BCUT2D eigenvalue weighted by atomic mass is 10.3. The van der Waals surface area contributed by atoms with Gasteiger partial charge in [0, 0.05) is 13.1 Å². The first-order valence-corrected chi connectivity index (χ1v) is 5.52. The fourth-order valence-electron chi connectivity index (χ4n) is 1.38. The van der Waals surface area contributed by atoms with Gasteiger partial charge in [-0.15, -0.1) is 0 Å². The molecule has 0 aromatic carbocycles. The summed E-state index contributed by atoms with van der Waals surface area (Å²) >= 11 is 0. The molecule has 0 aromatic heterocycles. The number of hydroxylamine groups is 1. The molecule has 1 saturated carbocycles. The number of nitrogens with zero attached hydrogens (tertiary/aromatic N) is 1. The molecule has 2 N–H and O–H groups in total. The Morgan fingerprint density at radius 2 is 2.19 bits per heavy atom. The zero-order valence-electron chi connectivity index (χ0n) is 9.44. The molecule has 0 heterocycles. The van der Waals surface area contributed by atoms with Gasteiger partial charge >= 0.3 is 12.0 Å². The Bertz CT molecular complexity index is 253. The normalized spacial score (nSPS) is 14.6. The SMILES string of the molecule is CCCN(CC1CC1)C(=O)NOCC(=O)O. The summed E-state index contributed by atoms with van der Waals surface area (Å²) in [4.78, 5) is 28.0. The van der Waals surface area contributed by atoms with Crippen LogP contribution >= 0.6 is 0 Å². The van der Waals surface area contributed by atoms with Gasteiger partial charge in [-0.05, 0) is 25.2 Å². The molecule has 0 spiro atoms. The highest BCUT2D eigenvalue weighted by molar-refractivity contribution is 5.73. The van der Waals surface area contributed by atoms with E-state index in [-0.39, 0.29) is 6.03 Å². The lowest BCUT2D eigenvalue weighted by Gasteiger charge is -2.21. The average Bonchev–Trinajstić information content (AvgIpc) is 3.00. The first-order chi connectivity index (χ1) is 7.63. The van der Waals surface area contributed by atoms with Crippen molar-refractivity contribution < 1.29 is 19.5 Å². The number of rotatable bonds is 7. The zero-order valence-corrected chi connectivity index (χ0v) is 9.44. The van der Waals surface area contributed by atoms with Gasteiger partial charge in [-0.25, -0.2) is 15.1 Å². The van der Waals surface area contributed by atoms with E-state index in [0.717, 1.165) is 13.0 Å². The summed E-state index contributed by atoms with van der Waals surface area (Å²) in [5.74, 6) is -0.499. The summed E-state index contributed by atoms with van der Waals surface area (Å²) in [7, 11) is 0. The highest BCUT2D eigenvalue weighted by Crippen LogP contribution is 2.29. The second kappa shape index (κ2) is 6.32. The molecule has 0 aliphatic heterocycles. The van der Waals surface area contributed by atoms with Crippen LogP contribution < -0.4 is 5.48 Å². The molecule has 1 aliphatic carbocycles. The fourth-order valence-corrected chi connectivity index (χ4v) is 1.38. The molecule has 0 radical (unpaired) electrons. The van der Waals surface area contributed by atoms with E-state index in [0.29, 0.717) is 12.5 Å². The average molecular weight is 230 g/mol. The van der Waals surface area contributed by atoms with E-state index in [9.17, 15) is 9.59 Å². The molecule has 16 heavy (non-hydrogen) atoms. The van der Waals surface area contributed by atoms with Crippen molar-refractivity contribution in [3.8, 4) is 0 Å². The molecule has 0 bridgehead atoms. The molecule has 1 rings (SSSR count). The van der Waals surface area contributed by atoms with E-state index in [4.69, 9.17) is 5.11 Å². The third kappa shape index (κ3) is 4.97. The van der Waals surface area contributed by atoms with E-state index in [1.807, 2.05) is 6.92 Å². The maximum absolute atomic E-state index is 11.6. The summed E-state index contributed by atoms with van der Waals surface area (Å²) < 4.78 is 0. The van der Waals surface area contributed by atoms with E-state index in [2.05, 4.69) is 10.3 Å². The van der Waals surface area contributed by atoms with Gasteiger partial charge in [0.2, 0.25) is 0 Å². The number of carboxylic acids is 1. The monoisotopic (exact) mass is 230 g/mol. The second-order valence-electron chi connectivity index (χ2n) is 3.98. The quantitative estimate of drug-likeness (QED) is 0.635. The van der Waals surface area contributed by atoms with Crippen LogP contribution in [0.4, 0.5) is 4.79 Å². The predicted octanol–water partition coefficient (Wildman–Crippen LogP) is 0.834. The van der Waals surface area contributed by atoms with Crippen molar-refractivity contribution in [2.75, 3.05) is 19.7 Å². The van der Waals surface area contributed by atoms with Crippen LogP contribution in [0.1, 0.15) is 26.2 Å². The van der Waals surface area contributed by atoms with E-state index in [1.54, 1.807) is 4.90 Å². The number of amides is 2. The van der Waals surface area contributed by atoms with E-state index < -0.39 is 12.6 Å². The van der Waals surface area contributed by atoms with Gasteiger partial charge in [0.25, 0.3) is 0 Å². The number of carboxylic acid groups (broad SMARTS) is 1. The number of nitrogens with one attached hydrogen (secondary N) is 1. The van der Waals surface area contributed by atoms with E-state index >= 15 is 0 Å². The van der Waals surface area contributed by atoms with Crippen molar-refractivity contribution in [2.45, 2.75) is 26.2 Å². The van der Waals surface area contributed by atoms with E-state index in [1.165, 1.54) is 12.8 Å². The number of aliphatic carboxylic acids is 1. The number of hydrogen-bond donors (Lipinski definition) is 2. The molecule has 0 aromatic rings. The Morgan fingerprint density at radius 3 is 2.69 bits per heavy atom. The first-order valence-electron chi connectivity index (χ1n) is 5.52. The second-order valence-corrected chi connectivity index (χ2v) is 3.98. The summed E-state index contributed by atoms with van der Waals surface area (Å²) in [5.41, 5.74) is 2.14. The molecule has 1 fully saturated rings. The van der Waals surface area contributed by atoms with Crippen LogP contribution in [-0.4, -0.2) is 41.7 Å². The molecule has 0 unspecified atom stereocenters. The smallest absolute Gasteiger partial charge is 0.341 e. The summed E-state index contributed by atoms with van der Waals surface area (Å²) in [6, 6.07) is -0.352. The van der Waals surface area contributed by atoms with Crippen LogP contribution in [0.25, 0.3) is 0 Å². The number of carbonyl (C=O) groups is 2. The van der Waals surface area contributed by atoms with Crippen LogP contribution in [0, 0.1) is 5.92 Å². The Hall–Kier alpha value is -1.30. The van der Waals surface area contributed by atoms with Crippen LogP contribution in [0.2, 0.25) is 0 Å². The van der Waals surface area contributed by atoms with Gasteiger partial charge in [-0.1, -0.05) is 6.92 Å². The standard InChI is InChI=1S/C10H18N2O4/c1-2-5-12(6-8-3-4-8)10(15)11-16-7-9(13)14/h8H,2-7H2,1H3,(H,11,15)(H,13,14). The number of carbonyl (C=O) groups excluding carboxylic acids is 1. The third-order valence-corrected chi connectivity index (χ3v) is 2.31. The number of urea groups is 1. The maximum atomic E-state index is 11.6. The van der Waals surface area contributed by atoms with Gasteiger partial charge in [0.05, 0.1) is 0 Å². The minimum Gasteiger partial charge on any atom is -0.479 e. The minimum absolute atomic E-state index is 0.352. The van der Waals surface area contributed by atoms with Crippen molar-refractivity contribution in [3.05, 3.63) is 0 Å². The molecule has 0 saturated heterocycles. The van der Waals surface area contributed by atoms with Crippen LogP contribution in [0.5, 0.6) is 0 Å². The first kappa shape index (κ1) is 12.8. The summed E-state index contributed by atoms with van der Waals surface area (Å²) in [6.45, 7) is 2.87. The Kier molecular flexibility index (Phi) is 5.04.